The molecule has 24 heavy (non-hydrogen) atoms. The molecule has 0 unspecified atom stereocenters. The summed E-state index contributed by atoms with van der Waals surface area (Å²) in [6.45, 7) is 7.69. The van der Waals surface area contributed by atoms with Crippen LogP contribution in [0, 0.1) is 0 Å². The fourth-order valence-electron chi connectivity index (χ4n) is 2.24. The largest absolute Gasteiger partial charge is 0.509 e. The zero-order valence-corrected chi connectivity index (χ0v) is 14.6. The fourth-order valence-corrected chi connectivity index (χ4v) is 3.25. The quantitative estimate of drug-likeness (QED) is 0.566. The molecule has 3 nitrogen and oxygen atoms in total. The lowest BCUT2D eigenvalue weighted by Crippen LogP contribution is -2.27. The van der Waals surface area contributed by atoms with Crippen molar-refractivity contribution in [3.8, 4) is 10.4 Å². The Bertz CT molecular complexity index is 759. The standard InChI is InChI=1S/C20H21NO2S/c1-4-16(14-15(2)22)12-13-21(3)20(23)19-11-10-18(24-19)17-8-6-5-7-9-17/h4-11,14,22H,1-2,12-13H2,3H3/b16-14+. The van der Waals surface area contributed by atoms with E-state index in [1.54, 1.807) is 24.1 Å². The number of nitrogens with zero attached hydrogens (tertiary/aromatic N) is 1. The van der Waals surface area contributed by atoms with Crippen LogP contribution in [0.15, 0.2) is 79.1 Å². The molecule has 0 saturated carbocycles. The molecule has 0 radical (unpaired) electrons. The van der Waals surface area contributed by atoms with Crippen LogP contribution in [0.3, 0.4) is 0 Å². The molecule has 0 fully saturated rings. The minimum absolute atomic E-state index is 0.00609. The molecular formula is C20H21NO2S. The van der Waals surface area contributed by atoms with E-state index in [0.717, 1.165) is 16.0 Å². The van der Waals surface area contributed by atoms with Gasteiger partial charge in [0, 0.05) is 18.5 Å². The van der Waals surface area contributed by atoms with E-state index in [1.165, 1.54) is 11.3 Å². The highest BCUT2D eigenvalue weighted by molar-refractivity contribution is 7.17. The predicted octanol–water partition coefficient (Wildman–Crippen LogP) is 5.06. The first kappa shape index (κ1) is 17.8. The van der Waals surface area contributed by atoms with Crippen LogP contribution in [0.2, 0.25) is 0 Å². The summed E-state index contributed by atoms with van der Waals surface area (Å²) in [4.78, 5) is 16.0. The average Bonchev–Trinajstić information content (AvgIpc) is 3.08. The van der Waals surface area contributed by atoms with Crippen molar-refractivity contribution in [2.45, 2.75) is 6.42 Å². The first-order valence-electron chi connectivity index (χ1n) is 7.63. The Morgan fingerprint density at radius 2 is 1.96 bits per heavy atom. The summed E-state index contributed by atoms with van der Waals surface area (Å²) in [5.41, 5.74) is 1.96. The van der Waals surface area contributed by atoms with Gasteiger partial charge in [-0.1, -0.05) is 49.6 Å². The second-order valence-electron chi connectivity index (χ2n) is 5.42. The molecule has 0 aliphatic heterocycles. The van der Waals surface area contributed by atoms with E-state index in [9.17, 15) is 9.90 Å². The number of aliphatic hydroxyl groups excluding tert-OH is 1. The van der Waals surface area contributed by atoms with Crippen molar-refractivity contribution in [3.63, 3.8) is 0 Å². The third kappa shape index (κ3) is 4.70. The molecular weight excluding hydrogens is 318 g/mol. The Kier molecular flexibility index (Phi) is 6.15. The topological polar surface area (TPSA) is 40.5 Å². The van der Waals surface area contributed by atoms with Crippen molar-refractivity contribution in [2.24, 2.45) is 0 Å². The Hall–Kier alpha value is -2.59. The van der Waals surface area contributed by atoms with E-state index in [0.29, 0.717) is 17.8 Å². The molecule has 124 valence electrons. The Labute approximate surface area is 146 Å². The van der Waals surface area contributed by atoms with Crippen LogP contribution in [0.1, 0.15) is 16.1 Å². The molecule has 2 aromatic rings. The van der Waals surface area contributed by atoms with Crippen LogP contribution in [0.4, 0.5) is 0 Å². The third-order valence-corrected chi connectivity index (χ3v) is 4.69. The van der Waals surface area contributed by atoms with Crippen molar-refractivity contribution < 1.29 is 9.90 Å². The second kappa shape index (κ2) is 8.31. The molecule has 0 atom stereocenters. The summed E-state index contributed by atoms with van der Waals surface area (Å²) >= 11 is 1.49. The monoisotopic (exact) mass is 339 g/mol. The number of aliphatic hydroxyl groups is 1. The molecule has 0 bridgehead atoms. The number of rotatable bonds is 7. The lowest BCUT2D eigenvalue weighted by molar-refractivity contribution is 0.0801. The molecule has 1 aromatic heterocycles. The van der Waals surface area contributed by atoms with Crippen LogP contribution < -0.4 is 0 Å². The van der Waals surface area contributed by atoms with E-state index < -0.39 is 0 Å². The number of carbonyl (C=O) groups excluding carboxylic acids is 1. The zero-order valence-electron chi connectivity index (χ0n) is 13.7. The van der Waals surface area contributed by atoms with Crippen LogP contribution in [0.5, 0.6) is 0 Å². The van der Waals surface area contributed by atoms with E-state index in [4.69, 9.17) is 0 Å². The summed E-state index contributed by atoms with van der Waals surface area (Å²) in [6.07, 6.45) is 3.84. The molecule has 0 aliphatic carbocycles. The molecule has 4 heteroatoms. The molecule has 0 spiro atoms. The van der Waals surface area contributed by atoms with Gasteiger partial charge < -0.3 is 10.0 Å². The van der Waals surface area contributed by atoms with Crippen LogP contribution in [-0.2, 0) is 0 Å². The molecule has 0 saturated heterocycles. The van der Waals surface area contributed by atoms with Gasteiger partial charge in [-0.2, -0.15) is 0 Å². The molecule has 2 rings (SSSR count). The smallest absolute Gasteiger partial charge is 0.263 e. The summed E-state index contributed by atoms with van der Waals surface area (Å²) < 4.78 is 0. The fraction of sp³-hybridized carbons (Fsp3) is 0.150. The van der Waals surface area contributed by atoms with Crippen molar-refractivity contribution in [1.29, 1.82) is 0 Å². The third-order valence-electron chi connectivity index (χ3n) is 3.57. The molecule has 0 aliphatic rings. The van der Waals surface area contributed by atoms with E-state index >= 15 is 0 Å². The van der Waals surface area contributed by atoms with Gasteiger partial charge in [0.25, 0.3) is 5.91 Å². The van der Waals surface area contributed by atoms with Crippen molar-refractivity contribution in [2.75, 3.05) is 13.6 Å². The normalized spacial score (nSPS) is 11.1. The highest BCUT2D eigenvalue weighted by Crippen LogP contribution is 2.28. The first-order chi connectivity index (χ1) is 11.5. The molecule has 1 aromatic carbocycles. The van der Waals surface area contributed by atoms with Crippen molar-refractivity contribution in [3.05, 3.63) is 84.0 Å². The van der Waals surface area contributed by atoms with Crippen LogP contribution in [-0.4, -0.2) is 29.5 Å². The first-order valence-corrected chi connectivity index (χ1v) is 8.44. The maximum atomic E-state index is 12.5. The second-order valence-corrected chi connectivity index (χ2v) is 6.51. The number of thiophene rings is 1. The van der Waals surface area contributed by atoms with Crippen molar-refractivity contribution in [1.82, 2.24) is 4.90 Å². The van der Waals surface area contributed by atoms with Crippen LogP contribution in [0.25, 0.3) is 10.4 Å². The highest BCUT2D eigenvalue weighted by Gasteiger charge is 2.14. The van der Waals surface area contributed by atoms with Gasteiger partial charge in [0.1, 0.15) is 5.76 Å². The van der Waals surface area contributed by atoms with Gasteiger partial charge in [-0.15, -0.1) is 11.3 Å². The molecule has 1 N–H and O–H groups in total. The predicted molar refractivity (Wildman–Crippen MR) is 101 cm³/mol. The minimum Gasteiger partial charge on any atom is -0.509 e. The van der Waals surface area contributed by atoms with Gasteiger partial charge in [-0.05, 0) is 35.8 Å². The average molecular weight is 339 g/mol. The number of amides is 1. The Balaban J connectivity index is 2.02. The van der Waals surface area contributed by atoms with Gasteiger partial charge in [0.2, 0.25) is 0 Å². The van der Waals surface area contributed by atoms with Crippen LogP contribution >= 0.6 is 11.3 Å². The zero-order chi connectivity index (χ0) is 17.5. The lowest BCUT2D eigenvalue weighted by atomic mass is 10.1. The SMILES string of the molecule is C=C/C(=C\C(=C)O)CCN(C)C(=O)c1ccc(-c2ccccc2)s1. The lowest BCUT2D eigenvalue weighted by Gasteiger charge is -2.16. The maximum absolute atomic E-state index is 12.5. The van der Waals surface area contributed by atoms with Crippen molar-refractivity contribution >= 4 is 17.2 Å². The molecule has 1 amide bonds. The number of hydrogen-bond acceptors (Lipinski definition) is 3. The van der Waals surface area contributed by atoms with Gasteiger partial charge in [-0.3, -0.25) is 4.79 Å². The van der Waals surface area contributed by atoms with E-state index in [2.05, 4.69) is 13.2 Å². The summed E-state index contributed by atoms with van der Waals surface area (Å²) in [5.74, 6) is -0.0157. The highest BCUT2D eigenvalue weighted by atomic mass is 32.1. The Morgan fingerprint density at radius 3 is 2.58 bits per heavy atom. The molecule has 1 heterocycles. The van der Waals surface area contributed by atoms with Gasteiger partial charge >= 0.3 is 0 Å². The Morgan fingerprint density at radius 1 is 1.25 bits per heavy atom. The summed E-state index contributed by atoms with van der Waals surface area (Å²) in [5, 5.41) is 9.22. The number of carbonyl (C=O) groups is 1. The van der Waals surface area contributed by atoms with E-state index in [1.807, 2.05) is 42.5 Å². The summed E-state index contributed by atoms with van der Waals surface area (Å²) in [6, 6.07) is 13.9. The van der Waals surface area contributed by atoms with Gasteiger partial charge in [0.15, 0.2) is 0 Å². The number of hydrogen-bond donors (Lipinski definition) is 1. The summed E-state index contributed by atoms with van der Waals surface area (Å²) in [7, 11) is 1.78. The minimum atomic E-state index is -0.00959. The number of allylic oxidation sites excluding steroid dienone is 2. The van der Waals surface area contributed by atoms with Gasteiger partial charge in [0.05, 0.1) is 4.88 Å². The van der Waals surface area contributed by atoms with E-state index in [-0.39, 0.29) is 11.7 Å². The van der Waals surface area contributed by atoms with Gasteiger partial charge in [-0.25, -0.2) is 0 Å². The maximum Gasteiger partial charge on any atom is 0.263 e. The number of benzene rings is 1.